The van der Waals surface area contributed by atoms with Gasteiger partial charge in [0, 0.05) is 23.0 Å². The molecule has 0 fully saturated rings. The zero-order valence-corrected chi connectivity index (χ0v) is 11.8. The van der Waals surface area contributed by atoms with Crippen LogP contribution in [0.2, 0.25) is 0 Å². The van der Waals surface area contributed by atoms with Crippen LogP contribution in [0.5, 0.6) is 0 Å². The van der Waals surface area contributed by atoms with E-state index in [0.29, 0.717) is 5.82 Å². The smallest absolute Gasteiger partial charge is 0.159 e. The van der Waals surface area contributed by atoms with Crippen LogP contribution in [0.25, 0.3) is 11.4 Å². The van der Waals surface area contributed by atoms with Crippen molar-refractivity contribution in [3.63, 3.8) is 0 Å². The number of hydrogen-bond donors (Lipinski definition) is 1. The predicted octanol–water partition coefficient (Wildman–Crippen LogP) is 3.53. The third kappa shape index (κ3) is 2.83. The maximum atomic E-state index is 10.5. The molecule has 0 saturated heterocycles. The Morgan fingerprint density at radius 1 is 0.905 bits per heavy atom. The Kier molecular flexibility index (Phi) is 3.75. The number of aromatic nitrogens is 2. The summed E-state index contributed by atoms with van der Waals surface area (Å²) in [6.07, 6.45) is 1.01. The maximum absolute atomic E-state index is 10.5. The molecule has 1 heterocycles. The molecule has 3 nitrogen and oxygen atoms in total. The summed E-state index contributed by atoms with van der Waals surface area (Å²) < 4.78 is 0. The molecule has 21 heavy (non-hydrogen) atoms. The Morgan fingerprint density at radius 2 is 1.52 bits per heavy atom. The highest BCUT2D eigenvalue weighted by Gasteiger charge is 2.15. The average Bonchev–Trinajstić information content (AvgIpc) is 2.56. The SMILES string of the molecule is Cc1nc(-c2ccccc2)ncc1C(O)c1ccccc1. The van der Waals surface area contributed by atoms with Crippen LogP contribution in [-0.2, 0) is 0 Å². The lowest BCUT2D eigenvalue weighted by atomic mass is 10.0. The second-order valence-corrected chi connectivity index (χ2v) is 4.91. The highest BCUT2D eigenvalue weighted by molar-refractivity contribution is 5.54. The van der Waals surface area contributed by atoms with Crippen molar-refractivity contribution in [1.82, 2.24) is 9.97 Å². The van der Waals surface area contributed by atoms with Crippen molar-refractivity contribution in [2.45, 2.75) is 13.0 Å². The first-order valence-corrected chi connectivity index (χ1v) is 6.87. The third-order valence-corrected chi connectivity index (χ3v) is 3.46. The van der Waals surface area contributed by atoms with E-state index < -0.39 is 6.10 Å². The van der Waals surface area contributed by atoms with Crippen molar-refractivity contribution >= 4 is 0 Å². The number of aryl methyl sites for hydroxylation is 1. The molecular weight excluding hydrogens is 260 g/mol. The van der Waals surface area contributed by atoms with Gasteiger partial charge in [0.1, 0.15) is 6.10 Å². The second kappa shape index (κ2) is 5.85. The largest absolute Gasteiger partial charge is 0.384 e. The van der Waals surface area contributed by atoms with Gasteiger partial charge in [-0.25, -0.2) is 9.97 Å². The summed E-state index contributed by atoms with van der Waals surface area (Å²) >= 11 is 0. The molecule has 0 saturated carbocycles. The summed E-state index contributed by atoms with van der Waals surface area (Å²) in [7, 11) is 0. The highest BCUT2D eigenvalue weighted by Crippen LogP contribution is 2.24. The monoisotopic (exact) mass is 276 g/mol. The Morgan fingerprint density at radius 3 is 2.14 bits per heavy atom. The van der Waals surface area contributed by atoms with Crippen molar-refractivity contribution in [3.05, 3.63) is 83.7 Å². The Bertz CT molecular complexity index is 727. The lowest BCUT2D eigenvalue weighted by Gasteiger charge is -2.14. The first kappa shape index (κ1) is 13.5. The first-order valence-electron chi connectivity index (χ1n) is 6.87. The van der Waals surface area contributed by atoms with Crippen LogP contribution in [0.15, 0.2) is 66.9 Å². The van der Waals surface area contributed by atoms with Crippen LogP contribution in [-0.4, -0.2) is 15.1 Å². The van der Waals surface area contributed by atoms with Crippen LogP contribution >= 0.6 is 0 Å². The van der Waals surface area contributed by atoms with E-state index in [1.165, 1.54) is 0 Å². The van der Waals surface area contributed by atoms with Crippen LogP contribution in [0, 0.1) is 6.92 Å². The highest BCUT2D eigenvalue weighted by atomic mass is 16.3. The summed E-state index contributed by atoms with van der Waals surface area (Å²) in [6, 6.07) is 19.4. The third-order valence-electron chi connectivity index (χ3n) is 3.46. The first-order chi connectivity index (χ1) is 10.3. The van der Waals surface area contributed by atoms with Gasteiger partial charge in [-0.3, -0.25) is 0 Å². The molecule has 0 bridgehead atoms. The summed E-state index contributed by atoms with van der Waals surface area (Å²) in [5.41, 5.74) is 3.35. The number of rotatable bonds is 3. The molecule has 3 rings (SSSR count). The van der Waals surface area contributed by atoms with Gasteiger partial charge in [0.25, 0.3) is 0 Å². The van der Waals surface area contributed by atoms with Gasteiger partial charge in [-0.2, -0.15) is 0 Å². The van der Waals surface area contributed by atoms with Crippen molar-refractivity contribution in [1.29, 1.82) is 0 Å². The van der Waals surface area contributed by atoms with Crippen LogP contribution in [0.1, 0.15) is 22.9 Å². The Labute approximate surface area is 124 Å². The molecule has 0 radical (unpaired) electrons. The fourth-order valence-electron chi connectivity index (χ4n) is 2.29. The van der Waals surface area contributed by atoms with Crippen molar-refractivity contribution < 1.29 is 5.11 Å². The zero-order chi connectivity index (χ0) is 14.7. The standard InChI is InChI=1S/C18H16N2O/c1-13-16(17(21)14-8-4-2-5-9-14)12-19-18(20-13)15-10-6-3-7-11-15/h2-12,17,21H,1H3. The van der Waals surface area contributed by atoms with E-state index in [-0.39, 0.29) is 0 Å². The molecule has 2 aromatic carbocycles. The average molecular weight is 276 g/mol. The lowest BCUT2D eigenvalue weighted by molar-refractivity contribution is 0.218. The van der Waals surface area contributed by atoms with Gasteiger partial charge in [0.15, 0.2) is 5.82 Å². The number of nitrogens with zero attached hydrogens (tertiary/aromatic N) is 2. The maximum Gasteiger partial charge on any atom is 0.159 e. The normalized spacial score (nSPS) is 12.1. The summed E-state index contributed by atoms with van der Waals surface area (Å²) in [6.45, 7) is 1.90. The molecule has 0 spiro atoms. The number of hydrogen-bond acceptors (Lipinski definition) is 3. The molecule has 104 valence electrons. The minimum absolute atomic E-state index is 0.678. The predicted molar refractivity (Wildman–Crippen MR) is 82.7 cm³/mol. The molecule has 1 unspecified atom stereocenters. The van der Waals surface area contributed by atoms with E-state index in [4.69, 9.17) is 0 Å². The molecule has 1 aromatic heterocycles. The molecule has 3 heteroatoms. The number of aliphatic hydroxyl groups excluding tert-OH is 1. The lowest BCUT2D eigenvalue weighted by Crippen LogP contribution is -2.05. The number of benzene rings is 2. The molecule has 1 N–H and O–H groups in total. The molecule has 0 aliphatic heterocycles. The number of aliphatic hydroxyl groups is 1. The quantitative estimate of drug-likeness (QED) is 0.796. The van der Waals surface area contributed by atoms with Gasteiger partial charge in [0.2, 0.25) is 0 Å². The molecule has 0 aliphatic carbocycles. The van der Waals surface area contributed by atoms with Crippen LogP contribution < -0.4 is 0 Å². The molecule has 1 atom stereocenters. The fourth-order valence-corrected chi connectivity index (χ4v) is 2.29. The molecule has 0 amide bonds. The van der Waals surface area contributed by atoms with Crippen LogP contribution in [0.4, 0.5) is 0 Å². The van der Waals surface area contributed by atoms with E-state index in [1.54, 1.807) is 6.20 Å². The van der Waals surface area contributed by atoms with Gasteiger partial charge in [-0.1, -0.05) is 60.7 Å². The second-order valence-electron chi connectivity index (χ2n) is 4.91. The van der Waals surface area contributed by atoms with Crippen molar-refractivity contribution in [2.24, 2.45) is 0 Å². The summed E-state index contributed by atoms with van der Waals surface area (Å²) in [4.78, 5) is 8.90. The van der Waals surface area contributed by atoms with E-state index in [1.807, 2.05) is 67.6 Å². The van der Waals surface area contributed by atoms with E-state index >= 15 is 0 Å². The Hall–Kier alpha value is -2.52. The van der Waals surface area contributed by atoms with Gasteiger partial charge in [0.05, 0.1) is 0 Å². The minimum atomic E-state index is -0.698. The molecule has 3 aromatic rings. The Balaban J connectivity index is 1.95. The van der Waals surface area contributed by atoms with Gasteiger partial charge in [-0.05, 0) is 12.5 Å². The minimum Gasteiger partial charge on any atom is -0.384 e. The van der Waals surface area contributed by atoms with Crippen LogP contribution in [0.3, 0.4) is 0 Å². The molecule has 0 aliphatic rings. The van der Waals surface area contributed by atoms with Crippen molar-refractivity contribution in [2.75, 3.05) is 0 Å². The van der Waals surface area contributed by atoms with Gasteiger partial charge < -0.3 is 5.11 Å². The summed E-state index contributed by atoms with van der Waals surface area (Å²) in [5, 5.41) is 10.5. The topological polar surface area (TPSA) is 46.0 Å². The van der Waals surface area contributed by atoms with Gasteiger partial charge in [-0.15, -0.1) is 0 Å². The molecular formula is C18H16N2O. The summed E-state index contributed by atoms with van der Waals surface area (Å²) in [5.74, 6) is 0.678. The van der Waals surface area contributed by atoms with Crippen molar-refractivity contribution in [3.8, 4) is 11.4 Å². The van der Waals surface area contributed by atoms with E-state index in [0.717, 1.165) is 22.4 Å². The zero-order valence-electron chi connectivity index (χ0n) is 11.8. The fraction of sp³-hybridized carbons (Fsp3) is 0.111. The van der Waals surface area contributed by atoms with Gasteiger partial charge >= 0.3 is 0 Å². The van der Waals surface area contributed by atoms with E-state index in [9.17, 15) is 5.11 Å². The van der Waals surface area contributed by atoms with E-state index in [2.05, 4.69) is 9.97 Å².